The van der Waals surface area contributed by atoms with Crippen LogP contribution < -0.4 is 9.47 Å². The Morgan fingerprint density at radius 3 is 2.74 bits per heavy atom. The zero-order chi connectivity index (χ0) is 18.3. The lowest BCUT2D eigenvalue weighted by atomic mass is 9.78. The van der Waals surface area contributed by atoms with Gasteiger partial charge in [0.25, 0.3) is 0 Å². The van der Waals surface area contributed by atoms with Crippen molar-refractivity contribution in [1.29, 1.82) is 0 Å². The van der Waals surface area contributed by atoms with Crippen molar-refractivity contribution >= 4 is 5.97 Å². The van der Waals surface area contributed by atoms with Crippen LogP contribution in [0, 0.1) is 0 Å². The van der Waals surface area contributed by atoms with Gasteiger partial charge in [0.2, 0.25) is 0 Å². The third-order valence-corrected chi connectivity index (χ3v) is 5.73. The van der Waals surface area contributed by atoms with Crippen molar-refractivity contribution in [3.63, 3.8) is 0 Å². The monoisotopic (exact) mass is 370 g/mol. The highest BCUT2D eigenvalue weighted by molar-refractivity contribution is 5.84. The zero-order valence-corrected chi connectivity index (χ0v) is 15.1. The number of fused-ring (bicyclic) bond motifs is 1. The second kappa shape index (κ2) is 6.51. The Morgan fingerprint density at radius 1 is 1.19 bits per heavy atom. The smallest absolute Gasteiger partial charge is 0.317 e. The molecule has 1 aliphatic heterocycles. The third kappa shape index (κ3) is 2.93. The molecule has 1 aromatic carbocycles. The molecule has 8 heteroatoms. The summed E-state index contributed by atoms with van der Waals surface area (Å²) in [6.45, 7) is 1.18. The second-order valence-electron chi connectivity index (χ2n) is 7.49. The van der Waals surface area contributed by atoms with E-state index in [-0.39, 0.29) is 12.6 Å². The van der Waals surface area contributed by atoms with Crippen LogP contribution in [0.2, 0.25) is 0 Å². The lowest BCUT2D eigenvalue weighted by Crippen LogP contribution is -2.35. The van der Waals surface area contributed by atoms with E-state index < -0.39 is 5.41 Å². The summed E-state index contributed by atoms with van der Waals surface area (Å²) >= 11 is 0. The zero-order valence-electron chi connectivity index (χ0n) is 15.1. The molecule has 0 atom stereocenters. The van der Waals surface area contributed by atoms with E-state index in [9.17, 15) is 4.79 Å². The van der Waals surface area contributed by atoms with E-state index in [1.165, 1.54) is 0 Å². The lowest BCUT2D eigenvalue weighted by Gasteiger charge is -2.28. The highest BCUT2D eigenvalue weighted by atomic mass is 16.6. The maximum atomic E-state index is 13.2. The van der Waals surface area contributed by atoms with Gasteiger partial charge in [-0.3, -0.25) is 4.79 Å². The average molecular weight is 370 g/mol. The molecular weight excluding hydrogens is 348 g/mol. The molecule has 2 fully saturated rings. The number of tetrazole rings is 1. The van der Waals surface area contributed by atoms with Crippen molar-refractivity contribution in [2.24, 2.45) is 0 Å². The minimum atomic E-state index is -0.631. The highest BCUT2D eigenvalue weighted by Gasteiger charge is 2.45. The van der Waals surface area contributed by atoms with Crippen LogP contribution in [-0.2, 0) is 21.6 Å². The number of ether oxygens (including phenoxy) is 3. The molecule has 27 heavy (non-hydrogen) atoms. The number of nitrogens with zero attached hydrogens (tertiary/aromatic N) is 4. The van der Waals surface area contributed by atoms with Gasteiger partial charge >= 0.3 is 5.97 Å². The van der Waals surface area contributed by atoms with Crippen LogP contribution in [0.1, 0.15) is 56.0 Å². The molecule has 0 radical (unpaired) electrons. The SMILES string of the molecule is O=C(OCc1nnnn1C1CC1)C1(c2ccc3c(c2)OCCO3)CCCC1. The topological polar surface area (TPSA) is 88.4 Å². The fraction of sp³-hybridized carbons (Fsp3) is 0.579. The summed E-state index contributed by atoms with van der Waals surface area (Å²) in [5.41, 5.74) is 0.310. The Balaban J connectivity index is 1.38. The van der Waals surface area contributed by atoms with E-state index in [2.05, 4.69) is 15.5 Å². The van der Waals surface area contributed by atoms with Gasteiger partial charge in [-0.1, -0.05) is 18.9 Å². The van der Waals surface area contributed by atoms with E-state index in [1.807, 2.05) is 18.2 Å². The van der Waals surface area contributed by atoms with Gasteiger partial charge in [-0.25, -0.2) is 4.68 Å². The lowest BCUT2D eigenvalue weighted by molar-refractivity contribution is -0.152. The van der Waals surface area contributed by atoms with Gasteiger partial charge in [0.1, 0.15) is 13.2 Å². The largest absolute Gasteiger partial charge is 0.486 e. The summed E-state index contributed by atoms with van der Waals surface area (Å²) in [7, 11) is 0. The van der Waals surface area contributed by atoms with Gasteiger partial charge < -0.3 is 14.2 Å². The number of esters is 1. The molecule has 0 saturated heterocycles. The molecule has 2 aliphatic carbocycles. The maximum absolute atomic E-state index is 13.2. The van der Waals surface area contributed by atoms with Crippen LogP contribution >= 0.6 is 0 Å². The van der Waals surface area contributed by atoms with Crippen LogP contribution in [0.5, 0.6) is 11.5 Å². The summed E-state index contributed by atoms with van der Waals surface area (Å²) in [5.74, 6) is 1.84. The van der Waals surface area contributed by atoms with Gasteiger partial charge in [-0.2, -0.15) is 0 Å². The van der Waals surface area contributed by atoms with Gasteiger partial charge in [0, 0.05) is 0 Å². The van der Waals surface area contributed by atoms with Crippen molar-refractivity contribution in [3.05, 3.63) is 29.6 Å². The number of carbonyl (C=O) groups is 1. The minimum Gasteiger partial charge on any atom is -0.486 e. The molecular formula is C19H22N4O4. The number of hydrogen-bond donors (Lipinski definition) is 0. The minimum absolute atomic E-state index is 0.106. The average Bonchev–Trinajstić information content (AvgIpc) is 3.23. The molecule has 2 saturated carbocycles. The van der Waals surface area contributed by atoms with Crippen molar-refractivity contribution in [2.45, 2.75) is 56.6 Å². The summed E-state index contributed by atoms with van der Waals surface area (Å²) < 4.78 is 18.8. The molecule has 142 valence electrons. The van der Waals surface area contributed by atoms with Crippen molar-refractivity contribution < 1.29 is 19.0 Å². The molecule has 5 rings (SSSR count). The van der Waals surface area contributed by atoms with Crippen LogP contribution in [0.25, 0.3) is 0 Å². The first-order chi connectivity index (χ1) is 13.3. The van der Waals surface area contributed by atoms with Crippen LogP contribution in [0.4, 0.5) is 0 Å². The van der Waals surface area contributed by atoms with Crippen molar-refractivity contribution in [3.8, 4) is 11.5 Å². The quantitative estimate of drug-likeness (QED) is 0.746. The Kier molecular flexibility index (Phi) is 3.98. The van der Waals surface area contributed by atoms with Crippen LogP contribution in [-0.4, -0.2) is 39.4 Å². The number of hydrogen-bond acceptors (Lipinski definition) is 7. The molecule has 0 N–H and O–H groups in total. The molecule has 2 heterocycles. The first-order valence-corrected chi connectivity index (χ1v) is 9.60. The van der Waals surface area contributed by atoms with Crippen molar-refractivity contribution in [1.82, 2.24) is 20.2 Å². The molecule has 2 aromatic rings. The summed E-state index contributed by atoms with van der Waals surface area (Å²) in [6, 6.07) is 6.15. The van der Waals surface area contributed by atoms with Gasteiger partial charge in [-0.05, 0) is 53.8 Å². The molecule has 0 amide bonds. The number of carbonyl (C=O) groups excluding carboxylic acids is 1. The van der Waals surface area contributed by atoms with Gasteiger partial charge in [0.15, 0.2) is 23.9 Å². The Labute approximate surface area is 156 Å². The fourth-order valence-corrected chi connectivity index (χ4v) is 4.11. The van der Waals surface area contributed by atoms with Crippen LogP contribution in [0.3, 0.4) is 0 Å². The second-order valence-corrected chi connectivity index (χ2v) is 7.49. The standard InChI is InChI=1S/C19H22N4O4/c24-18(27-12-17-20-21-22-23(17)14-4-5-14)19(7-1-2-8-19)13-3-6-15-16(11-13)26-10-9-25-15/h3,6,11,14H,1-2,4-5,7-10,12H2. The summed E-state index contributed by atoms with van der Waals surface area (Å²) in [4.78, 5) is 13.2. The first-order valence-electron chi connectivity index (χ1n) is 9.60. The summed E-state index contributed by atoms with van der Waals surface area (Å²) in [6.07, 6.45) is 5.71. The van der Waals surface area contributed by atoms with E-state index in [4.69, 9.17) is 14.2 Å². The first kappa shape index (κ1) is 16.5. The van der Waals surface area contributed by atoms with E-state index in [0.29, 0.717) is 30.8 Å². The van der Waals surface area contributed by atoms with Crippen LogP contribution in [0.15, 0.2) is 18.2 Å². The predicted octanol–water partition coefficient (Wildman–Crippen LogP) is 2.33. The maximum Gasteiger partial charge on any atom is 0.317 e. The van der Waals surface area contributed by atoms with Gasteiger partial charge in [-0.15, -0.1) is 5.10 Å². The molecule has 3 aliphatic rings. The molecule has 0 unspecified atom stereocenters. The highest BCUT2D eigenvalue weighted by Crippen LogP contribution is 2.45. The number of benzene rings is 1. The fourth-order valence-electron chi connectivity index (χ4n) is 4.11. The third-order valence-electron chi connectivity index (χ3n) is 5.73. The van der Waals surface area contributed by atoms with E-state index >= 15 is 0 Å². The molecule has 8 nitrogen and oxygen atoms in total. The number of aromatic nitrogens is 4. The van der Waals surface area contributed by atoms with E-state index in [0.717, 1.165) is 49.8 Å². The van der Waals surface area contributed by atoms with E-state index in [1.54, 1.807) is 4.68 Å². The number of rotatable bonds is 5. The Hall–Kier alpha value is -2.64. The summed E-state index contributed by atoms with van der Waals surface area (Å²) in [5, 5.41) is 11.8. The molecule has 0 bridgehead atoms. The predicted molar refractivity (Wildman–Crippen MR) is 93.5 cm³/mol. The van der Waals surface area contributed by atoms with Crippen molar-refractivity contribution in [2.75, 3.05) is 13.2 Å². The molecule has 0 spiro atoms. The molecule has 1 aromatic heterocycles. The Bertz CT molecular complexity index is 855. The Morgan fingerprint density at radius 2 is 1.96 bits per heavy atom. The van der Waals surface area contributed by atoms with Gasteiger partial charge in [0.05, 0.1) is 11.5 Å². The normalized spacial score (nSPS) is 20.4.